The van der Waals surface area contributed by atoms with Crippen molar-refractivity contribution in [2.75, 3.05) is 26.7 Å². The van der Waals surface area contributed by atoms with Crippen molar-refractivity contribution in [3.05, 3.63) is 58.7 Å². The van der Waals surface area contributed by atoms with Gasteiger partial charge in [-0.15, -0.1) is 4.91 Å². The van der Waals surface area contributed by atoms with E-state index in [0.29, 0.717) is 5.89 Å². The molecule has 0 saturated carbocycles. The lowest BCUT2D eigenvalue weighted by molar-refractivity contribution is 0.434. The Morgan fingerprint density at radius 2 is 2.05 bits per heavy atom. The summed E-state index contributed by atoms with van der Waals surface area (Å²) in [6, 6.07) is 8.62. The highest BCUT2D eigenvalue weighted by Crippen LogP contribution is 2.25. The number of nitrogens with one attached hydrogen (secondary N) is 2. The van der Waals surface area contributed by atoms with Crippen molar-refractivity contribution in [2.45, 2.75) is 12.5 Å². The molecule has 0 fully saturated rings. The van der Waals surface area contributed by atoms with Crippen molar-refractivity contribution in [1.82, 2.24) is 15.6 Å². The van der Waals surface area contributed by atoms with Crippen LogP contribution in [0.15, 0.2) is 46.1 Å². The zero-order chi connectivity index (χ0) is 14.9. The van der Waals surface area contributed by atoms with Crippen LogP contribution in [0.25, 0.3) is 0 Å². The molecule has 1 aromatic heterocycles. The maximum absolute atomic E-state index is 11.1. The average Bonchev–Trinajstić information content (AvgIpc) is 2.98. The normalized spacial score (nSPS) is 12.2. The van der Waals surface area contributed by atoms with Gasteiger partial charge in [0.05, 0.1) is 6.20 Å². The predicted octanol–water partition coefficient (Wildman–Crippen LogP) is 1.88. The fourth-order valence-corrected chi connectivity index (χ4v) is 2.00. The van der Waals surface area contributed by atoms with Crippen LogP contribution in [-0.2, 0) is 6.42 Å². The first-order valence-corrected chi connectivity index (χ1v) is 7.02. The smallest absolute Gasteiger partial charge is 0.227 e. The summed E-state index contributed by atoms with van der Waals surface area (Å²) in [6.07, 6.45) is 2.40. The van der Waals surface area contributed by atoms with Gasteiger partial charge in [-0.25, -0.2) is 4.98 Å². The molecule has 6 heteroatoms. The minimum Gasteiger partial charge on any atom is -0.443 e. The fourth-order valence-electron chi connectivity index (χ4n) is 2.00. The monoisotopic (exact) mass is 288 g/mol. The molecule has 0 aliphatic rings. The van der Waals surface area contributed by atoms with Crippen LogP contribution in [0.3, 0.4) is 0 Å². The average molecular weight is 288 g/mol. The zero-order valence-electron chi connectivity index (χ0n) is 12.1. The molecule has 1 heterocycles. The summed E-state index contributed by atoms with van der Waals surface area (Å²) in [6.45, 7) is 2.63. The molecule has 0 radical (unpaired) electrons. The number of benzene rings is 1. The molecule has 112 valence electrons. The van der Waals surface area contributed by atoms with E-state index in [9.17, 15) is 4.91 Å². The molecule has 6 nitrogen and oxygen atoms in total. The first-order chi connectivity index (χ1) is 10.3. The molecular weight excluding hydrogens is 268 g/mol. The number of likely N-dealkylation sites (N-methyl/N-ethyl adjacent to an activating group) is 1. The predicted molar refractivity (Wildman–Crippen MR) is 81.1 cm³/mol. The van der Waals surface area contributed by atoms with Crippen LogP contribution >= 0.6 is 0 Å². The number of nitrogens with zero attached hydrogens (tertiary/aromatic N) is 2. The minimum absolute atomic E-state index is 0.349. The molecule has 0 amide bonds. The number of oxazole rings is 1. The van der Waals surface area contributed by atoms with E-state index in [0.717, 1.165) is 37.4 Å². The summed E-state index contributed by atoms with van der Waals surface area (Å²) in [5.74, 6) is 1.10. The zero-order valence-corrected chi connectivity index (χ0v) is 12.1. The second kappa shape index (κ2) is 8.28. The van der Waals surface area contributed by atoms with E-state index >= 15 is 0 Å². The van der Waals surface area contributed by atoms with Crippen LogP contribution in [-0.4, -0.2) is 31.7 Å². The Morgan fingerprint density at radius 1 is 1.24 bits per heavy atom. The number of hydrogen-bond donors (Lipinski definition) is 2. The van der Waals surface area contributed by atoms with Gasteiger partial charge in [-0.1, -0.05) is 35.5 Å². The van der Waals surface area contributed by atoms with Crippen molar-refractivity contribution in [2.24, 2.45) is 5.18 Å². The summed E-state index contributed by atoms with van der Waals surface area (Å²) in [5.41, 5.74) is 0.785. The van der Waals surface area contributed by atoms with Crippen molar-refractivity contribution in [3.8, 4) is 0 Å². The Labute approximate surface area is 123 Å². The first-order valence-electron chi connectivity index (χ1n) is 7.02. The maximum Gasteiger partial charge on any atom is 0.227 e. The Morgan fingerprint density at radius 3 is 2.76 bits per heavy atom. The van der Waals surface area contributed by atoms with Crippen LogP contribution in [0.1, 0.15) is 23.3 Å². The van der Waals surface area contributed by atoms with Crippen molar-refractivity contribution in [3.63, 3.8) is 0 Å². The van der Waals surface area contributed by atoms with Gasteiger partial charge in [-0.05, 0) is 12.6 Å². The lowest BCUT2D eigenvalue weighted by atomic mass is 10.1. The van der Waals surface area contributed by atoms with Gasteiger partial charge in [-0.2, -0.15) is 0 Å². The minimum atomic E-state index is -0.683. The molecule has 0 bridgehead atoms. The van der Waals surface area contributed by atoms with Gasteiger partial charge in [0.2, 0.25) is 5.89 Å². The molecule has 0 aliphatic carbocycles. The second-order valence-corrected chi connectivity index (χ2v) is 4.69. The van der Waals surface area contributed by atoms with E-state index in [2.05, 4.69) is 20.8 Å². The van der Waals surface area contributed by atoms with E-state index in [1.54, 1.807) is 6.20 Å². The standard InChI is InChI=1S/C15H20N4O2/c1-16-9-10-17-8-7-13-11-18-15(21-13)14(19-20)12-5-3-2-4-6-12/h2-6,11,14,16-17H,7-10H2,1H3. The van der Waals surface area contributed by atoms with E-state index < -0.39 is 6.04 Å². The first kappa shape index (κ1) is 15.3. The summed E-state index contributed by atoms with van der Waals surface area (Å²) >= 11 is 0. The third-order valence-corrected chi connectivity index (χ3v) is 3.13. The third kappa shape index (κ3) is 4.47. The number of hydrogen-bond acceptors (Lipinski definition) is 6. The lowest BCUT2D eigenvalue weighted by Gasteiger charge is -2.05. The molecule has 21 heavy (non-hydrogen) atoms. The van der Waals surface area contributed by atoms with Crippen molar-refractivity contribution in [1.29, 1.82) is 0 Å². The highest BCUT2D eigenvalue weighted by molar-refractivity contribution is 5.24. The summed E-state index contributed by atoms with van der Waals surface area (Å²) < 4.78 is 5.64. The van der Waals surface area contributed by atoms with Gasteiger partial charge in [0, 0.05) is 26.1 Å². The Kier molecular flexibility index (Phi) is 6.05. The largest absolute Gasteiger partial charge is 0.443 e. The highest BCUT2D eigenvalue weighted by Gasteiger charge is 2.20. The van der Waals surface area contributed by atoms with Gasteiger partial charge >= 0.3 is 0 Å². The van der Waals surface area contributed by atoms with Crippen LogP contribution < -0.4 is 10.6 Å². The fraction of sp³-hybridized carbons (Fsp3) is 0.400. The van der Waals surface area contributed by atoms with Crippen LogP contribution in [0.4, 0.5) is 0 Å². The Bertz CT molecular complexity index is 542. The summed E-state index contributed by atoms with van der Waals surface area (Å²) in [7, 11) is 1.92. The molecule has 2 N–H and O–H groups in total. The lowest BCUT2D eigenvalue weighted by Crippen LogP contribution is -2.26. The quantitative estimate of drug-likeness (QED) is 0.544. The van der Waals surface area contributed by atoms with Gasteiger partial charge in [0.1, 0.15) is 5.76 Å². The molecule has 1 atom stereocenters. The highest BCUT2D eigenvalue weighted by atomic mass is 16.4. The molecule has 0 spiro atoms. The topological polar surface area (TPSA) is 79.5 Å². The molecule has 1 unspecified atom stereocenters. The molecule has 0 saturated heterocycles. The SMILES string of the molecule is CNCCNCCc1cnc(C(N=O)c2ccccc2)o1. The van der Waals surface area contributed by atoms with Crippen LogP contribution in [0.5, 0.6) is 0 Å². The summed E-state index contributed by atoms with van der Waals surface area (Å²) in [4.78, 5) is 15.3. The van der Waals surface area contributed by atoms with Crippen molar-refractivity contribution < 1.29 is 4.42 Å². The van der Waals surface area contributed by atoms with Gasteiger partial charge in [0.15, 0.2) is 6.04 Å². The van der Waals surface area contributed by atoms with E-state index in [1.807, 2.05) is 37.4 Å². The van der Waals surface area contributed by atoms with E-state index in [1.165, 1.54) is 0 Å². The van der Waals surface area contributed by atoms with Gasteiger partial charge in [-0.3, -0.25) is 0 Å². The second-order valence-electron chi connectivity index (χ2n) is 4.69. The van der Waals surface area contributed by atoms with E-state index in [4.69, 9.17) is 4.42 Å². The van der Waals surface area contributed by atoms with Gasteiger partial charge in [0.25, 0.3) is 0 Å². The van der Waals surface area contributed by atoms with Gasteiger partial charge < -0.3 is 15.1 Å². The number of nitroso groups, excluding NO2 is 1. The third-order valence-electron chi connectivity index (χ3n) is 3.13. The Balaban J connectivity index is 1.93. The molecule has 2 aromatic rings. The molecule has 0 aliphatic heterocycles. The Hall–Kier alpha value is -2.05. The molecule has 1 aromatic carbocycles. The van der Waals surface area contributed by atoms with E-state index in [-0.39, 0.29) is 0 Å². The number of rotatable bonds is 9. The summed E-state index contributed by atoms with van der Waals surface area (Å²) in [5, 5.41) is 9.48. The maximum atomic E-state index is 11.1. The molecular formula is C15H20N4O2. The van der Waals surface area contributed by atoms with Crippen LogP contribution in [0, 0.1) is 4.91 Å². The molecule has 2 rings (SSSR count). The van der Waals surface area contributed by atoms with Crippen LogP contribution in [0.2, 0.25) is 0 Å². The number of aromatic nitrogens is 1. The van der Waals surface area contributed by atoms with Crippen molar-refractivity contribution >= 4 is 0 Å².